The molecule has 2 saturated heterocycles. The summed E-state index contributed by atoms with van der Waals surface area (Å²) >= 11 is 6.10. The van der Waals surface area contributed by atoms with Crippen LogP contribution < -0.4 is 14.8 Å². The van der Waals surface area contributed by atoms with Crippen LogP contribution in [0.3, 0.4) is 0 Å². The number of aliphatic imine (C=N–C) groups is 1. The molecule has 0 radical (unpaired) electrons. The van der Waals surface area contributed by atoms with Gasteiger partial charge < -0.3 is 24.4 Å². The molecular formula is C42H62ClN3O4. The smallest absolute Gasteiger partial charge is 0.410 e. The van der Waals surface area contributed by atoms with Crippen molar-refractivity contribution in [1.29, 1.82) is 0 Å². The molecular weight excluding hydrogens is 646 g/mol. The van der Waals surface area contributed by atoms with Crippen LogP contribution in [0, 0.1) is 11.8 Å². The normalized spacial score (nSPS) is 18.8. The highest BCUT2D eigenvalue weighted by molar-refractivity contribution is 6.30. The summed E-state index contributed by atoms with van der Waals surface area (Å²) in [6.45, 7) is 11.0. The van der Waals surface area contributed by atoms with Gasteiger partial charge in [0.25, 0.3) is 0 Å². The number of piperidine rings is 2. The average Bonchev–Trinajstić information content (AvgIpc) is 3.11. The lowest BCUT2D eigenvalue weighted by Crippen LogP contribution is -2.41. The molecule has 8 heteroatoms. The van der Waals surface area contributed by atoms with Gasteiger partial charge in [0.05, 0.1) is 12.3 Å². The molecule has 0 spiro atoms. The number of ether oxygens (including phenoxy) is 3. The molecule has 2 aromatic carbocycles. The van der Waals surface area contributed by atoms with Gasteiger partial charge in [0.1, 0.15) is 29.4 Å². The highest BCUT2D eigenvalue weighted by Crippen LogP contribution is 2.43. The third-order valence-electron chi connectivity index (χ3n) is 10.6. The number of hydrogen-bond donors (Lipinski definition) is 1. The summed E-state index contributed by atoms with van der Waals surface area (Å²) in [6.07, 6.45) is 17.9. The van der Waals surface area contributed by atoms with Crippen LogP contribution in [-0.4, -0.2) is 61.7 Å². The molecule has 1 amide bonds. The fourth-order valence-electron chi connectivity index (χ4n) is 7.72. The molecule has 1 unspecified atom stereocenters. The average molecular weight is 708 g/mol. The molecule has 50 heavy (non-hydrogen) atoms. The molecule has 3 aliphatic heterocycles. The van der Waals surface area contributed by atoms with E-state index in [1.54, 1.807) is 0 Å². The maximum Gasteiger partial charge on any atom is 0.410 e. The number of halogens is 1. The zero-order chi connectivity index (χ0) is 35.2. The topological polar surface area (TPSA) is 72.4 Å². The fourth-order valence-corrected chi connectivity index (χ4v) is 7.85. The van der Waals surface area contributed by atoms with Crippen LogP contribution in [0.25, 0.3) is 0 Å². The third kappa shape index (κ3) is 12.8. The first-order valence-corrected chi connectivity index (χ1v) is 20.0. The Balaban J connectivity index is 1.08. The lowest BCUT2D eigenvalue weighted by molar-refractivity contribution is 0.0180. The minimum absolute atomic E-state index is 0.165. The fraction of sp³-hybridized carbons (Fsp3) is 0.667. The number of carbonyl (C=O) groups is 1. The van der Waals surface area contributed by atoms with E-state index < -0.39 is 5.60 Å². The number of rotatable bonds is 17. The van der Waals surface area contributed by atoms with Gasteiger partial charge in [0.15, 0.2) is 0 Å². The first-order valence-electron chi connectivity index (χ1n) is 19.6. The van der Waals surface area contributed by atoms with Crippen LogP contribution in [0.15, 0.2) is 47.5 Å². The van der Waals surface area contributed by atoms with Gasteiger partial charge in [-0.25, -0.2) is 4.79 Å². The zero-order valence-electron chi connectivity index (χ0n) is 31.0. The van der Waals surface area contributed by atoms with E-state index in [-0.39, 0.29) is 6.09 Å². The number of amides is 1. The van der Waals surface area contributed by atoms with Crippen molar-refractivity contribution < 1.29 is 19.0 Å². The minimum atomic E-state index is -0.435. The Kier molecular flexibility index (Phi) is 15.2. The zero-order valence-corrected chi connectivity index (χ0v) is 31.8. The Morgan fingerprint density at radius 2 is 1.50 bits per heavy atom. The molecule has 276 valence electrons. The Bertz CT molecular complexity index is 1340. The quantitative estimate of drug-likeness (QED) is 0.166. The molecule has 1 atom stereocenters. The van der Waals surface area contributed by atoms with Crippen LogP contribution in [0.4, 0.5) is 10.5 Å². The van der Waals surface area contributed by atoms with Crippen molar-refractivity contribution in [2.45, 2.75) is 129 Å². The molecule has 0 bridgehead atoms. The van der Waals surface area contributed by atoms with Crippen LogP contribution in [0.5, 0.6) is 11.5 Å². The summed E-state index contributed by atoms with van der Waals surface area (Å²) in [4.78, 5) is 19.4. The Labute approximate surface area is 306 Å². The molecule has 3 aliphatic rings. The maximum atomic E-state index is 12.4. The highest BCUT2D eigenvalue weighted by Gasteiger charge is 2.28. The minimum Gasteiger partial charge on any atom is -0.491 e. The van der Waals surface area contributed by atoms with E-state index in [0.29, 0.717) is 23.5 Å². The van der Waals surface area contributed by atoms with Crippen molar-refractivity contribution >= 4 is 29.1 Å². The van der Waals surface area contributed by atoms with Gasteiger partial charge in [-0.2, -0.15) is 0 Å². The second-order valence-corrected chi connectivity index (χ2v) is 16.2. The van der Waals surface area contributed by atoms with Gasteiger partial charge in [-0.3, -0.25) is 4.99 Å². The molecule has 0 saturated carbocycles. The molecule has 0 aromatic heterocycles. The summed E-state index contributed by atoms with van der Waals surface area (Å²) in [5.41, 5.74) is 2.97. The Morgan fingerprint density at radius 3 is 2.20 bits per heavy atom. The summed E-state index contributed by atoms with van der Waals surface area (Å²) < 4.78 is 18.2. The van der Waals surface area contributed by atoms with Crippen LogP contribution >= 0.6 is 11.6 Å². The van der Waals surface area contributed by atoms with Gasteiger partial charge >= 0.3 is 6.09 Å². The highest BCUT2D eigenvalue weighted by atomic mass is 35.5. The summed E-state index contributed by atoms with van der Waals surface area (Å²) in [5.74, 6) is 3.74. The van der Waals surface area contributed by atoms with E-state index in [2.05, 4.69) is 23.5 Å². The van der Waals surface area contributed by atoms with Gasteiger partial charge in [-0.05, 0) is 132 Å². The van der Waals surface area contributed by atoms with Crippen LogP contribution in [0.1, 0.15) is 129 Å². The number of nitrogens with zero attached hydrogens (tertiary/aromatic N) is 2. The van der Waals surface area contributed by atoms with E-state index in [1.165, 1.54) is 82.9 Å². The lowest BCUT2D eigenvalue weighted by atomic mass is 9.85. The van der Waals surface area contributed by atoms with Crippen LogP contribution in [-0.2, 0) is 4.74 Å². The van der Waals surface area contributed by atoms with E-state index >= 15 is 0 Å². The Hall–Kier alpha value is -2.77. The summed E-state index contributed by atoms with van der Waals surface area (Å²) in [7, 11) is 0. The molecule has 0 aliphatic carbocycles. The van der Waals surface area contributed by atoms with Crippen molar-refractivity contribution in [2.75, 3.05) is 39.4 Å². The van der Waals surface area contributed by atoms with Crippen molar-refractivity contribution in [3.05, 3.63) is 53.1 Å². The molecule has 1 N–H and O–H groups in total. The van der Waals surface area contributed by atoms with Crippen molar-refractivity contribution in [2.24, 2.45) is 16.8 Å². The Morgan fingerprint density at radius 1 is 0.840 bits per heavy atom. The van der Waals surface area contributed by atoms with Crippen molar-refractivity contribution in [3.63, 3.8) is 0 Å². The van der Waals surface area contributed by atoms with Gasteiger partial charge in [-0.15, -0.1) is 0 Å². The van der Waals surface area contributed by atoms with Gasteiger partial charge in [0.2, 0.25) is 0 Å². The standard InChI is InChI=1S/C42H62ClN3O4/c1-42(2,3)50-41(47)46-27-23-33(24-28-46)13-7-4-5-9-14-34-30-36(31-49-37-19-17-35(43)18-20-37)45-40-38(34)15-11-16-39(40)48-29-10-6-8-12-32-21-25-44-26-22-32/h11,15-20,32-34,44H,4-10,12-14,21-31H2,1-3H3. The monoisotopic (exact) mass is 707 g/mol. The largest absolute Gasteiger partial charge is 0.491 e. The van der Waals surface area contributed by atoms with Crippen molar-refractivity contribution in [1.82, 2.24) is 10.2 Å². The SMILES string of the molecule is CC(C)(C)OC(=O)N1CCC(CCCCCCC2CC(COc3ccc(Cl)cc3)=Nc3c(OCCCCCC4CCNCC4)cccc32)CC1. The third-order valence-corrected chi connectivity index (χ3v) is 10.8. The van der Waals surface area contributed by atoms with E-state index in [9.17, 15) is 4.79 Å². The van der Waals surface area contributed by atoms with Gasteiger partial charge in [0, 0.05) is 18.1 Å². The maximum absolute atomic E-state index is 12.4. The number of para-hydroxylation sites is 1. The number of unbranched alkanes of at least 4 members (excludes halogenated alkanes) is 5. The number of nitrogens with one attached hydrogen (secondary N) is 1. The van der Waals surface area contributed by atoms with E-state index in [0.717, 1.165) is 80.6 Å². The van der Waals surface area contributed by atoms with E-state index in [1.807, 2.05) is 49.9 Å². The number of likely N-dealkylation sites (tertiary alicyclic amines) is 1. The molecule has 3 heterocycles. The molecule has 7 nitrogen and oxygen atoms in total. The summed E-state index contributed by atoms with van der Waals surface area (Å²) in [6, 6.07) is 14.1. The van der Waals surface area contributed by atoms with Crippen LogP contribution in [0.2, 0.25) is 5.02 Å². The van der Waals surface area contributed by atoms with Crippen molar-refractivity contribution in [3.8, 4) is 11.5 Å². The predicted octanol–water partition coefficient (Wildman–Crippen LogP) is 10.9. The van der Waals surface area contributed by atoms with Gasteiger partial charge in [-0.1, -0.05) is 75.1 Å². The molecule has 2 fully saturated rings. The van der Waals surface area contributed by atoms with E-state index in [4.69, 9.17) is 30.8 Å². The first-order chi connectivity index (χ1) is 24.2. The molecule has 2 aromatic rings. The summed E-state index contributed by atoms with van der Waals surface area (Å²) in [5, 5.41) is 4.18. The predicted molar refractivity (Wildman–Crippen MR) is 206 cm³/mol. The number of fused-ring (bicyclic) bond motifs is 1. The molecule has 5 rings (SSSR count). The number of carbonyl (C=O) groups excluding carboxylic acids is 1. The number of hydrogen-bond acceptors (Lipinski definition) is 6. The second kappa shape index (κ2) is 19.7. The lowest BCUT2D eigenvalue weighted by Gasteiger charge is -2.33. The second-order valence-electron chi connectivity index (χ2n) is 15.8. The first kappa shape index (κ1) is 38.5. The number of benzene rings is 2.